The molecule has 0 aliphatic rings. The first-order chi connectivity index (χ1) is 13.2. The van der Waals surface area contributed by atoms with Crippen molar-refractivity contribution in [3.63, 3.8) is 0 Å². The number of nitrogens with zero attached hydrogens (tertiary/aromatic N) is 4. The Morgan fingerprint density at radius 3 is 2.75 bits per heavy atom. The largest absolute Gasteiger partial charge is 0.441 e. The summed E-state index contributed by atoms with van der Waals surface area (Å²) in [6.45, 7) is 6.20. The van der Waals surface area contributed by atoms with Crippen molar-refractivity contribution < 1.29 is 9.21 Å². The highest BCUT2D eigenvalue weighted by Crippen LogP contribution is 2.24. The number of aryl methyl sites for hydroxylation is 1. The molecule has 0 fully saturated rings. The van der Waals surface area contributed by atoms with Gasteiger partial charge in [-0.05, 0) is 6.08 Å². The first-order valence-corrected chi connectivity index (χ1v) is 9.66. The molecule has 0 unspecified atom stereocenters. The van der Waals surface area contributed by atoms with Gasteiger partial charge in [0.2, 0.25) is 11.8 Å². The van der Waals surface area contributed by atoms with E-state index in [9.17, 15) is 4.79 Å². The quantitative estimate of drug-likeness (QED) is 0.658. The van der Waals surface area contributed by atoms with Gasteiger partial charge in [-0.15, -0.1) is 0 Å². The van der Waals surface area contributed by atoms with E-state index in [0.29, 0.717) is 17.4 Å². The van der Waals surface area contributed by atoms with E-state index in [1.807, 2.05) is 17.7 Å². The second-order valence-corrected chi connectivity index (χ2v) is 8.57. The van der Waals surface area contributed by atoms with Crippen LogP contribution >= 0.6 is 11.3 Å². The van der Waals surface area contributed by atoms with E-state index in [1.165, 1.54) is 11.3 Å². The molecule has 1 atom stereocenters. The van der Waals surface area contributed by atoms with Gasteiger partial charge in [0.25, 0.3) is 0 Å². The van der Waals surface area contributed by atoms with Gasteiger partial charge in [0, 0.05) is 47.9 Å². The highest BCUT2D eigenvalue weighted by atomic mass is 32.1. The summed E-state index contributed by atoms with van der Waals surface area (Å²) in [5, 5.41) is 3.25. The molecule has 0 bridgehead atoms. The summed E-state index contributed by atoms with van der Waals surface area (Å²) in [5.74, 6) is 1.07. The standard InChI is InChI=1S/C19H24N6O2S/c1-19(2,3)15-10-22-16(27-15)6-5-13-9-23-18(28-13)24-17(26)14(20)7-12-8-21-11-25(12)4/h5-6,8-11,14H,7,20H2,1-4H3,(H,23,24,26)/b6-5+/t14-/m0/s1. The number of hydrogen-bond acceptors (Lipinski definition) is 7. The zero-order valence-electron chi connectivity index (χ0n) is 16.3. The van der Waals surface area contributed by atoms with E-state index >= 15 is 0 Å². The van der Waals surface area contributed by atoms with Gasteiger partial charge in [-0.3, -0.25) is 4.79 Å². The van der Waals surface area contributed by atoms with E-state index < -0.39 is 6.04 Å². The number of nitrogens with two attached hydrogens (primary N) is 1. The van der Waals surface area contributed by atoms with Crippen LogP contribution in [0.15, 0.2) is 29.3 Å². The van der Waals surface area contributed by atoms with Crippen LogP contribution in [0.25, 0.3) is 12.2 Å². The van der Waals surface area contributed by atoms with Gasteiger partial charge >= 0.3 is 0 Å². The van der Waals surface area contributed by atoms with Crippen LogP contribution in [-0.4, -0.2) is 31.5 Å². The number of anilines is 1. The lowest BCUT2D eigenvalue weighted by molar-refractivity contribution is -0.117. The van der Waals surface area contributed by atoms with Gasteiger partial charge in [0.15, 0.2) is 5.13 Å². The van der Waals surface area contributed by atoms with E-state index in [2.05, 4.69) is 41.0 Å². The Hall–Kier alpha value is -2.78. The molecule has 0 saturated carbocycles. The maximum atomic E-state index is 12.3. The Morgan fingerprint density at radius 2 is 2.11 bits per heavy atom. The summed E-state index contributed by atoms with van der Waals surface area (Å²) < 4.78 is 7.57. The third-order valence-electron chi connectivity index (χ3n) is 4.09. The van der Waals surface area contributed by atoms with Crippen molar-refractivity contribution in [3.05, 3.63) is 47.1 Å². The fourth-order valence-electron chi connectivity index (χ4n) is 2.38. The average Bonchev–Trinajstić information content (AvgIpc) is 3.34. The highest BCUT2D eigenvalue weighted by molar-refractivity contribution is 7.16. The number of oxazole rings is 1. The van der Waals surface area contributed by atoms with E-state index in [-0.39, 0.29) is 11.3 Å². The van der Waals surface area contributed by atoms with Gasteiger partial charge in [-0.2, -0.15) is 0 Å². The molecule has 3 rings (SSSR count). The minimum Gasteiger partial charge on any atom is -0.441 e. The maximum absolute atomic E-state index is 12.3. The lowest BCUT2D eigenvalue weighted by Crippen LogP contribution is -2.37. The summed E-state index contributed by atoms with van der Waals surface area (Å²) in [5.41, 5.74) is 6.80. The Labute approximate surface area is 167 Å². The van der Waals surface area contributed by atoms with Crippen LogP contribution in [0.2, 0.25) is 0 Å². The van der Waals surface area contributed by atoms with Crippen LogP contribution in [-0.2, 0) is 23.7 Å². The molecule has 9 heteroatoms. The molecule has 0 saturated heterocycles. The molecule has 1 amide bonds. The molecule has 3 heterocycles. The number of carbonyl (C=O) groups excluding carboxylic acids is 1. The molecule has 148 valence electrons. The second-order valence-electron chi connectivity index (χ2n) is 7.51. The van der Waals surface area contributed by atoms with E-state index in [0.717, 1.165) is 16.3 Å². The van der Waals surface area contributed by atoms with Gasteiger partial charge < -0.3 is 20.0 Å². The van der Waals surface area contributed by atoms with Gasteiger partial charge in [0.1, 0.15) is 5.76 Å². The van der Waals surface area contributed by atoms with Crippen molar-refractivity contribution >= 4 is 34.5 Å². The zero-order valence-corrected chi connectivity index (χ0v) is 17.2. The molecule has 0 aromatic carbocycles. The lowest BCUT2D eigenvalue weighted by atomic mass is 9.94. The van der Waals surface area contributed by atoms with Crippen LogP contribution in [0.3, 0.4) is 0 Å². The number of aromatic nitrogens is 4. The third-order valence-corrected chi connectivity index (χ3v) is 4.97. The maximum Gasteiger partial charge on any atom is 0.243 e. The van der Waals surface area contributed by atoms with Crippen LogP contribution < -0.4 is 11.1 Å². The fraction of sp³-hybridized carbons (Fsp3) is 0.368. The Bertz CT molecular complexity index is 979. The molecule has 3 aromatic rings. The van der Waals surface area contributed by atoms with Crippen molar-refractivity contribution in [1.82, 2.24) is 19.5 Å². The van der Waals surface area contributed by atoms with Gasteiger partial charge in [0.05, 0.1) is 18.6 Å². The Balaban J connectivity index is 1.58. The molecule has 0 aliphatic carbocycles. The summed E-state index contributed by atoms with van der Waals surface area (Å²) in [6, 6.07) is -0.679. The fourth-order valence-corrected chi connectivity index (χ4v) is 3.11. The second kappa shape index (κ2) is 8.07. The highest BCUT2D eigenvalue weighted by Gasteiger charge is 2.19. The van der Waals surface area contributed by atoms with Gasteiger partial charge in [-0.25, -0.2) is 15.0 Å². The molecule has 0 spiro atoms. The van der Waals surface area contributed by atoms with Crippen LogP contribution in [0, 0.1) is 0 Å². The smallest absolute Gasteiger partial charge is 0.243 e. The van der Waals surface area contributed by atoms with E-state index in [4.69, 9.17) is 10.2 Å². The normalized spacial score (nSPS) is 13.2. The predicted molar refractivity (Wildman–Crippen MR) is 110 cm³/mol. The topological polar surface area (TPSA) is 112 Å². The average molecular weight is 401 g/mol. The number of rotatable bonds is 6. The Kier molecular flexibility index (Phi) is 5.76. The van der Waals surface area contributed by atoms with Crippen LogP contribution in [0.4, 0.5) is 5.13 Å². The zero-order chi connectivity index (χ0) is 20.3. The first kappa shape index (κ1) is 20.0. The molecular weight excluding hydrogens is 376 g/mol. The van der Waals surface area contributed by atoms with E-state index in [1.54, 1.807) is 31.0 Å². The molecule has 28 heavy (non-hydrogen) atoms. The third kappa shape index (κ3) is 4.93. The predicted octanol–water partition coefficient (Wildman–Crippen LogP) is 2.84. The molecule has 8 nitrogen and oxygen atoms in total. The number of nitrogens with one attached hydrogen (secondary N) is 1. The summed E-state index contributed by atoms with van der Waals surface area (Å²) in [4.78, 5) is 25.7. The summed E-state index contributed by atoms with van der Waals surface area (Å²) in [7, 11) is 1.87. The summed E-state index contributed by atoms with van der Waals surface area (Å²) >= 11 is 1.35. The molecule has 3 aromatic heterocycles. The monoisotopic (exact) mass is 400 g/mol. The van der Waals surface area contributed by atoms with Crippen LogP contribution in [0.1, 0.15) is 43.0 Å². The SMILES string of the molecule is Cn1cncc1C[C@H](N)C(=O)Nc1ncc(/C=C/c2ncc(C(C)(C)C)o2)s1. The van der Waals surface area contributed by atoms with Crippen molar-refractivity contribution in [2.45, 2.75) is 38.6 Å². The number of carbonyl (C=O) groups is 1. The summed E-state index contributed by atoms with van der Waals surface area (Å²) in [6.07, 6.45) is 10.8. The first-order valence-electron chi connectivity index (χ1n) is 8.84. The number of hydrogen-bond donors (Lipinski definition) is 2. The number of amides is 1. The van der Waals surface area contributed by atoms with Crippen LogP contribution in [0.5, 0.6) is 0 Å². The van der Waals surface area contributed by atoms with Crippen molar-refractivity contribution in [2.24, 2.45) is 12.8 Å². The van der Waals surface area contributed by atoms with Crippen molar-refractivity contribution in [1.29, 1.82) is 0 Å². The van der Waals surface area contributed by atoms with Crippen molar-refractivity contribution in [2.75, 3.05) is 5.32 Å². The Morgan fingerprint density at radius 1 is 1.32 bits per heavy atom. The van der Waals surface area contributed by atoms with Crippen molar-refractivity contribution in [3.8, 4) is 0 Å². The number of thiazole rings is 1. The molecular formula is C19H24N6O2S. The van der Waals surface area contributed by atoms with Gasteiger partial charge in [-0.1, -0.05) is 32.1 Å². The minimum atomic E-state index is -0.679. The molecule has 3 N–H and O–H groups in total. The minimum absolute atomic E-state index is 0.0880. The molecule has 0 radical (unpaired) electrons. The molecule has 0 aliphatic heterocycles. The lowest BCUT2D eigenvalue weighted by Gasteiger charge is -2.12. The number of imidazole rings is 1.